The fourth-order valence-electron chi connectivity index (χ4n) is 1.44. The molecule has 0 aliphatic rings. The molecule has 0 fully saturated rings. The first-order valence-corrected chi connectivity index (χ1v) is 6.82. The Bertz CT molecular complexity index is 562. The summed E-state index contributed by atoms with van der Waals surface area (Å²) in [6, 6.07) is 12.7. The lowest BCUT2D eigenvalue weighted by molar-refractivity contribution is 0.404. The highest BCUT2D eigenvalue weighted by Crippen LogP contribution is 2.34. The normalized spacial score (nSPS) is 10.3. The van der Waals surface area contributed by atoms with Crippen LogP contribution in [0.1, 0.15) is 0 Å². The molecule has 0 radical (unpaired) electrons. The van der Waals surface area contributed by atoms with Crippen molar-refractivity contribution in [2.75, 3.05) is 11.4 Å². The van der Waals surface area contributed by atoms with Crippen LogP contribution >= 0.6 is 27.9 Å². The first-order chi connectivity index (χ1) is 8.56. The van der Waals surface area contributed by atoms with Gasteiger partial charge in [-0.25, -0.2) is 0 Å². The van der Waals surface area contributed by atoms with Crippen molar-refractivity contribution in [2.45, 2.75) is 4.90 Å². The Morgan fingerprint density at radius 3 is 2.50 bits per heavy atom. The Hall–Kier alpha value is -1.33. The monoisotopic (exact) mass is 325 g/mol. The second kappa shape index (κ2) is 5.54. The summed E-state index contributed by atoms with van der Waals surface area (Å²) in [7, 11) is 1.90. The average Bonchev–Trinajstić information content (AvgIpc) is 2.32. The molecule has 94 valence electrons. The van der Waals surface area contributed by atoms with E-state index in [1.54, 1.807) is 6.07 Å². The molecule has 0 unspecified atom stereocenters. The van der Waals surface area contributed by atoms with E-state index in [9.17, 15) is 10.2 Å². The predicted molar refractivity (Wildman–Crippen MR) is 78.2 cm³/mol. The van der Waals surface area contributed by atoms with Crippen LogP contribution in [0.4, 0.5) is 5.69 Å². The molecule has 0 aromatic heterocycles. The second-order valence-electron chi connectivity index (χ2n) is 3.72. The zero-order chi connectivity index (χ0) is 13.1. The van der Waals surface area contributed by atoms with E-state index in [4.69, 9.17) is 0 Å². The smallest absolute Gasteiger partial charge is 0.159 e. The lowest BCUT2D eigenvalue weighted by Gasteiger charge is -2.18. The Kier molecular flexibility index (Phi) is 4.04. The lowest BCUT2D eigenvalue weighted by atomic mass is 10.3. The highest BCUT2D eigenvalue weighted by atomic mass is 79.9. The standard InChI is InChI=1S/C13H12BrNO2S/c1-15(10-5-6-12(16)13(17)8-10)18-11-4-2-3-9(14)7-11/h2-8,16-17H,1H3. The van der Waals surface area contributed by atoms with Gasteiger partial charge in [0.1, 0.15) is 0 Å². The molecular formula is C13H12BrNO2S. The molecule has 0 aliphatic heterocycles. The molecule has 2 N–H and O–H groups in total. The zero-order valence-electron chi connectivity index (χ0n) is 9.67. The Morgan fingerprint density at radius 1 is 1.06 bits per heavy atom. The Morgan fingerprint density at radius 2 is 1.83 bits per heavy atom. The van der Waals surface area contributed by atoms with Crippen LogP contribution in [0.3, 0.4) is 0 Å². The molecule has 2 aromatic rings. The van der Waals surface area contributed by atoms with Gasteiger partial charge in [0.2, 0.25) is 0 Å². The van der Waals surface area contributed by atoms with E-state index in [0.29, 0.717) is 0 Å². The van der Waals surface area contributed by atoms with Gasteiger partial charge in [0.05, 0.1) is 5.69 Å². The van der Waals surface area contributed by atoms with E-state index >= 15 is 0 Å². The summed E-state index contributed by atoms with van der Waals surface area (Å²) in [5.74, 6) is -0.228. The van der Waals surface area contributed by atoms with Crippen LogP contribution in [0.25, 0.3) is 0 Å². The molecule has 0 atom stereocenters. The Labute approximate surface area is 118 Å². The van der Waals surface area contributed by atoms with Crippen molar-refractivity contribution in [3.63, 3.8) is 0 Å². The van der Waals surface area contributed by atoms with E-state index in [1.807, 2.05) is 35.6 Å². The van der Waals surface area contributed by atoms with Crippen LogP contribution in [-0.2, 0) is 0 Å². The van der Waals surface area contributed by atoms with E-state index in [2.05, 4.69) is 15.9 Å². The number of anilines is 1. The number of rotatable bonds is 3. The van der Waals surface area contributed by atoms with E-state index in [0.717, 1.165) is 15.1 Å². The van der Waals surface area contributed by atoms with E-state index in [1.165, 1.54) is 24.1 Å². The lowest BCUT2D eigenvalue weighted by Crippen LogP contribution is -2.05. The van der Waals surface area contributed by atoms with Gasteiger partial charge >= 0.3 is 0 Å². The van der Waals surface area contributed by atoms with Crippen molar-refractivity contribution in [3.05, 3.63) is 46.9 Å². The van der Waals surface area contributed by atoms with Gasteiger partial charge in [-0.1, -0.05) is 22.0 Å². The third-order valence-corrected chi connectivity index (χ3v) is 3.80. The molecule has 0 heterocycles. The van der Waals surface area contributed by atoms with Crippen LogP contribution in [-0.4, -0.2) is 17.3 Å². The average molecular weight is 326 g/mol. The van der Waals surface area contributed by atoms with E-state index < -0.39 is 0 Å². The molecule has 0 spiro atoms. The molecule has 0 aliphatic carbocycles. The van der Waals surface area contributed by atoms with Gasteiger partial charge in [0.25, 0.3) is 0 Å². The fourth-order valence-corrected chi connectivity index (χ4v) is 2.85. The topological polar surface area (TPSA) is 43.7 Å². The van der Waals surface area contributed by atoms with Crippen molar-refractivity contribution in [1.82, 2.24) is 0 Å². The van der Waals surface area contributed by atoms with Crippen molar-refractivity contribution >= 4 is 33.6 Å². The number of benzene rings is 2. The SMILES string of the molecule is CN(Sc1cccc(Br)c1)c1ccc(O)c(O)c1. The van der Waals surface area contributed by atoms with E-state index in [-0.39, 0.29) is 11.5 Å². The first-order valence-electron chi connectivity index (χ1n) is 5.25. The van der Waals surface area contributed by atoms with Crippen LogP contribution in [0.5, 0.6) is 11.5 Å². The number of hydrogen-bond acceptors (Lipinski definition) is 4. The minimum Gasteiger partial charge on any atom is -0.504 e. The highest BCUT2D eigenvalue weighted by Gasteiger charge is 2.07. The van der Waals surface area contributed by atoms with Gasteiger partial charge in [-0.05, 0) is 42.3 Å². The quantitative estimate of drug-likeness (QED) is 0.661. The van der Waals surface area contributed by atoms with Crippen molar-refractivity contribution in [3.8, 4) is 11.5 Å². The third-order valence-electron chi connectivity index (χ3n) is 2.36. The van der Waals surface area contributed by atoms with Gasteiger partial charge in [-0.2, -0.15) is 0 Å². The molecule has 3 nitrogen and oxygen atoms in total. The minimum absolute atomic E-state index is 0.111. The highest BCUT2D eigenvalue weighted by molar-refractivity contribution is 9.10. The molecule has 0 amide bonds. The number of nitrogens with zero attached hydrogens (tertiary/aromatic N) is 1. The van der Waals surface area contributed by atoms with Gasteiger partial charge in [-0.15, -0.1) is 0 Å². The van der Waals surface area contributed by atoms with Gasteiger partial charge < -0.3 is 14.5 Å². The van der Waals surface area contributed by atoms with Crippen LogP contribution in [0, 0.1) is 0 Å². The summed E-state index contributed by atoms with van der Waals surface area (Å²) in [4.78, 5) is 1.08. The summed E-state index contributed by atoms with van der Waals surface area (Å²) in [6.45, 7) is 0. The maximum absolute atomic E-state index is 9.47. The molecule has 18 heavy (non-hydrogen) atoms. The number of aromatic hydroxyl groups is 2. The number of halogens is 1. The van der Waals surface area contributed by atoms with Crippen molar-refractivity contribution < 1.29 is 10.2 Å². The van der Waals surface area contributed by atoms with Crippen LogP contribution in [0.15, 0.2) is 51.8 Å². The molecule has 2 aromatic carbocycles. The van der Waals surface area contributed by atoms with Crippen molar-refractivity contribution in [1.29, 1.82) is 0 Å². The van der Waals surface area contributed by atoms with Gasteiger partial charge in [0, 0.05) is 22.5 Å². The van der Waals surface area contributed by atoms with Crippen LogP contribution in [0.2, 0.25) is 0 Å². The third kappa shape index (κ3) is 3.11. The molecule has 0 bridgehead atoms. The van der Waals surface area contributed by atoms with Gasteiger partial charge in [-0.3, -0.25) is 0 Å². The predicted octanol–water partition coefficient (Wildman–Crippen LogP) is 4.00. The first kappa shape index (κ1) is 13.1. The van der Waals surface area contributed by atoms with Crippen molar-refractivity contribution in [2.24, 2.45) is 0 Å². The van der Waals surface area contributed by atoms with Crippen LogP contribution < -0.4 is 4.31 Å². The maximum atomic E-state index is 9.47. The second-order valence-corrected chi connectivity index (χ2v) is 5.84. The summed E-state index contributed by atoms with van der Waals surface area (Å²) in [5, 5.41) is 18.7. The summed E-state index contributed by atoms with van der Waals surface area (Å²) >= 11 is 4.96. The minimum atomic E-state index is -0.116. The molecule has 0 saturated heterocycles. The molecule has 0 saturated carbocycles. The van der Waals surface area contributed by atoms with Gasteiger partial charge in [0.15, 0.2) is 11.5 Å². The summed E-state index contributed by atoms with van der Waals surface area (Å²) in [5.41, 5.74) is 0.815. The fraction of sp³-hybridized carbons (Fsp3) is 0.0769. The summed E-state index contributed by atoms with van der Waals surface area (Å²) < 4.78 is 2.94. The number of hydrogen-bond donors (Lipinski definition) is 2. The zero-order valence-corrected chi connectivity index (χ0v) is 12.1. The number of phenolic OH excluding ortho intramolecular Hbond substituents is 2. The Balaban J connectivity index is 2.16. The largest absolute Gasteiger partial charge is 0.504 e. The maximum Gasteiger partial charge on any atom is 0.159 e. The molecule has 5 heteroatoms. The summed E-state index contributed by atoms with van der Waals surface area (Å²) in [6.07, 6.45) is 0. The number of phenols is 2. The molecule has 2 rings (SSSR count). The molecular weight excluding hydrogens is 314 g/mol.